The summed E-state index contributed by atoms with van der Waals surface area (Å²) in [6, 6.07) is 0. The number of nitrogens with zero attached hydrogens (tertiary/aromatic N) is 1. The summed E-state index contributed by atoms with van der Waals surface area (Å²) in [5.74, 6) is 0.154. The van der Waals surface area contributed by atoms with E-state index in [1.54, 1.807) is 0 Å². The van der Waals surface area contributed by atoms with Crippen molar-refractivity contribution >= 4 is 11.9 Å². The number of likely N-dealkylation sites (N-methyl/N-ethyl adjacent to an activating group) is 1. The maximum Gasteiger partial charge on any atom is 0.320 e. The average Bonchev–Trinajstić information content (AvgIpc) is 3.01. The lowest BCUT2D eigenvalue weighted by Crippen LogP contribution is -2.27. The Kier molecular flexibility index (Phi) is 34.9. The van der Waals surface area contributed by atoms with E-state index in [4.69, 9.17) is 4.74 Å². The molecule has 0 saturated heterocycles. The van der Waals surface area contributed by atoms with E-state index in [-0.39, 0.29) is 18.0 Å². The second-order valence-corrected chi connectivity index (χ2v) is 14.2. The van der Waals surface area contributed by atoms with E-state index in [2.05, 4.69) is 19.2 Å². The van der Waals surface area contributed by atoms with Gasteiger partial charge < -0.3 is 10.1 Å². The molecule has 0 aliphatic rings. The first-order chi connectivity index (χ1) is 22.0. The number of hydrogen-bond acceptors (Lipinski definition) is 4. The number of nitrogens with one attached hydrogen (secondary N) is 1. The third-order valence-corrected chi connectivity index (χ3v) is 9.16. The van der Waals surface area contributed by atoms with Crippen molar-refractivity contribution in [3.63, 3.8) is 0 Å². The number of unbranched alkanes of at least 4 members (excludes halogenated alkanes) is 25. The third-order valence-electron chi connectivity index (χ3n) is 9.16. The molecule has 1 atom stereocenters. The SMILES string of the molecule is CCCCCCCCCCCCCCCCCCNC(=O)CCCCCCCCCCC(CCCCCC)OC(=O)CN(C)C. The summed E-state index contributed by atoms with van der Waals surface area (Å²) in [6.45, 7) is 5.74. The number of carbonyl (C=O) groups is 2. The highest BCUT2D eigenvalue weighted by molar-refractivity contribution is 5.75. The quantitative estimate of drug-likeness (QED) is 0.0549. The standard InChI is InChI=1S/C40H80N2O3/c1-5-7-9-11-12-13-14-15-16-17-18-19-22-25-28-32-36-41-39(43)35-31-27-24-21-20-23-26-30-34-38(33-29-10-8-6-2)45-40(44)37-42(3)4/h38H,5-37H2,1-4H3,(H,41,43). The molecule has 0 fully saturated rings. The second-order valence-electron chi connectivity index (χ2n) is 14.2. The molecule has 5 heteroatoms. The lowest BCUT2D eigenvalue weighted by atomic mass is 10.0. The summed E-state index contributed by atoms with van der Waals surface area (Å²) in [6.07, 6.45) is 39.4. The van der Waals surface area contributed by atoms with Gasteiger partial charge in [-0.2, -0.15) is 0 Å². The van der Waals surface area contributed by atoms with Crippen LogP contribution in [0.5, 0.6) is 0 Å². The predicted molar refractivity (Wildman–Crippen MR) is 196 cm³/mol. The number of hydrogen-bond donors (Lipinski definition) is 1. The van der Waals surface area contributed by atoms with Gasteiger partial charge in [0.05, 0.1) is 6.54 Å². The normalized spacial score (nSPS) is 12.1. The molecule has 45 heavy (non-hydrogen) atoms. The van der Waals surface area contributed by atoms with Crippen molar-refractivity contribution in [3.8, 4) is 0 Å². The Morgan fingerprint density at radius 3 is 1.29 bits per heavy atom. The molecule has 0 saturated carbocycles. The first-order valence-electron chi connectivity index (χ1n) is 20.1. The van der Waals surface area contributed by atoms with Crippen molar-refractivity contribution in [2.75, 3.05) is 27.2 Å². The molecule has 0 spiro atoms. The number of carbonyl (C=O) groups excluding carboxylic acids is 2. The van der Waals surface area contributed by atoms with E-state index in [9.17, 15) is 9.59 Å². The summed E-state index contributed by atoms with van der Waals surface area (Å²) in [4.78, 5) is 26.2. The van der Waals surface area contributed by atoms with Gasteiger partial charge in [0, 0.05) is 13.0 Å². The zero-order valence-electron chi connectivity index (χ0n) is 31.1. The lowest BCUT2D eigenvalue weighted by Gasteiger charge is -2.19. The molecule has 0 bridgehead atoms. The highest BCUT2D eigenvalue weighted by Crippen LogP contribution is 2.17. The van der Waals surface area contributed by atoms with Gasteiger partial charge in [0.25, 0.3) is 0 Å². The Balaban J connectivity index is 3.49. The van der Waals surface area contributed by atoms with Crippen LogP contribution in [0.1, 0.15) is 213 Å². The largest absolute Gasteiger partial charge is 0.461 e. The predicted octanol–water partition coefficient (Wildman–Crippen LogP) is 11.7. The molecular formula is C40H80N2O3. The van der Waals surface area contributed by atoms with Gasteiger partial charge in [-0.25, -0.2) is 0 Å². The first-order valence-corrected chi connectivity index (χ1v) is 20.1. The molecular weight excluding hydrogens is 556 g/mol. The number of esters is 1. The van der Waals surface area contributed by atoms with Crippen molar-refractivity contribution in [1.82, 2.24) is 10.2 Å². The van der Waals surface area contributed by atoms with Crippen LogP contribution in [0.15, 0.2) is 0 Å². The first kappa shape index (κ1) is 43.9. The van der Waals surface area contributed by atoms with Gasteiger partial charge in [-0.1, -0.05) is 168 Å². The third kappa shape index (κ3) is 35.6. The Morgan fingerprint density at radius 1 is 0.511 bits per heavy atom. The maximum absolute atomic E-state index is 12.1. The van der Waals surface area contributed by atoms with Crippen LogP contribution in [0, 0.1) is 0 Å². The monoisotopic (exact) mass is 637 g/mol. The van der Waals surface area contributed by atoms with E-state index in [0.717, 1.165) is 51.5 Å². The zero-order valence-corrected chi connectivity index (χ0v) is 31.1. The summed E-state index contributed by atoms with van der Waals surface area (Å²) in [5, 5.41) is 3.13. The Hall–Kier alpha value is -1.10. The zero-order chi connectivity index (χ0) is 33.1. The van der Waals surface area contributed by atoms with Crippen LogP contribution in [-0.2, 0) is 14.3 Å². The number of ether oxygens (including phenoxy) is 1. The number of rotatable bonds is 36. The average molecular weight is 637 g/mol. The summed E-state index contributed by atoms with van der Waals surface area (Å²) < 4.78 is 5.80. The van der Waals surface area contributed by atoms with Crippen molar-refractivity contribution in [3.05, 3.63) is 0 Å². The molecule has 1 amide bonds. The Labute approximate surface area is 282 Å². The van der Waals surface area contributed by atoms with Gasteiger partial charge in [0.15, 0.2) is 0 Å². The van der Waals surface area contributed by atoms with Gasteiger partial charge in [-0.05, 0) is 52.6 Å². The van der Waals surface area contributed by atoms with Crippen LogP contribution in [0.2, 0.25) is 0 Å². The van der Waals surface area contributed by atoms with E-state index in [1.165, 1.54) is 148 Å². The molecule has 268 valence electrons. The maximum atomic E-state index is 12.1. The molecule has 5 nitrogen and oxygen atoms in total. The van der Waals surface area contributed by atoms with Crippen LogP contribution in [-0.4, -0.2) is 50.1 Å². The molecule has 0 rings (SSSR count). The minimum Gasteiger partial charge on any atom is -0.461 e. The van der Waals surface area contributed by atoms with Crippen LogP contribution in [0.25, 0.3) is 0 Å². The highest BCUT2D eigenvalue weighted by Gasteiger charge is 2.14. The Morgan fingerprint density at radius 2 is 0.867 bits per heavy atom. The minimum atomic E-state index is -0.0885. The van der Waals surface area contributed by atoms with Gasteiger partial charge in [0.2, 0.25) is 5.91 Å². The van der Waals surface area contributed by atoms with E-state index in [1.807, 2.05) is 19.0 Å². The van der Waals surface area contributed by atoms with E-state index < -0.39 is 0 Å². The smallest absolute Gasteiger partial charge is 0.320 e. The van der Waals surface area contributed by atoms with Gasteiger partial charge in [-0.3, -0.25) is 14.5 Å². The molecule has 1 N–H and O–H groups in total. The van der Waals surface area contributed by atoms with Crippen molar-refractivity contribution in [1.29, 1.82) is 0 Å². The van der Waals surface area contributed by atoms with Crippen molar-refractivity contribution in [2.24, 2.45) is 0 Å². The number of amides is 1. The molecule has 0 aromatic heterocycles. The lowest BCUT2D eigenvalue weighted by molar-refractivity contribution is -0.150. The van der Waals surface area contributed by atoms with E-state index in [0.29, 0.717) is 13.0 Å². The fourth-order valence-electron chi connectivity index (χ4n) is 6.25. The molecule has 0 aromatic carbocycles. The van der Waals surface area contributed by atoms with Crippen molar-refractivity contribution in [2.45, 2.75) is 219 Å². The Bertz CT molecular complexity index is 625. The van der Waals surface area contributed by atoms with Crippen LogP contribution >= 0.6 is 0 Å². The van der Waals surface area contributed by atoms with Gasteiger partial charge >= 0.3 is 5.97 Å². The molecule has 0 heterocycles. The fraction of sp³-hybridized carbons (Fsp3) is 0.950. The fourth-order valence-corrected chi connectivity index (χ4v) is 6.25. The highest BCUT2D eigenvalue weighted by atomic mass is 16.5. The van der Waals surface area contributed by atoms with Crippen LogP contribution in [0.4, 0.5) is 0 Å². The van der Waals surface area contributed by atoms with Gasteiger partial charge in [-0.15, -0.1) is 0 Å². The summed E-state index contributed by atoms with van der Waals surface area (Å²) >= 11 is 0. The van der Waals surface area contributed by atoms with Gasteiger partial charge in [0.1, 0.15) is 6.10 Å². The summed E-state index contributed by atoms with van der Waals surface area (Å²) in [5.41, 5.74) is 0. The summed E-state index contributed by atoms with van der Waals surface area (Å²) in [7, 11) is 3.82. The molecule has 0 aliphatic carbocycles. The molecule has 1 unspecified atom stereocenters. The molecule has 0 aliphatic heterocycles. The minimum absolute atomic E-state index is 0.0875. The van der Waals surface area contributed by atoms with Crippen LogP contribution < -0.4 is 5.32 Å². The van der Waals surface area contributed by atoms with Crippen molar-refractivity contribution < 1.29 is 14.3 Å². The second kappa shape index (κ2) is 35.7. The topological polar surface area (TPSA) is 58.6 Å². The molecule has 0 aromatic rings. The van der Waals surface area contributed by atoms with E-state index >= 15 is 0 Å². The molecule has 0 radical (unpaired) electrons. The van der Waals surface area contributed by atoms with Crippen LogP contribution in [0.3, 0.4) is 0 Å².